The molecule has 0 aliphatic heterocycles. The Morgan fingerprint density at radius 2 is 2.00 bits per heavy atom. The van der Waals surface area contributed by atoms with Gasteiger partial charge in [0.1, 0.15) is 0 Å². The molecule has 0 unspecified atom stereocenters. The maximum absolute atomic E-state index is 12.9. The first-order chi connectivity index (χ1) is 9.11. The Labute approximate surface area is 114 Å². The highest BCUT2D eigenvalue weighted by atomic mass is 19.4. The highest BCUT2D eigenvalue weighted by Gasteiger charge is 2.60. The van der Waals surface area contributed by atoms with Crippen molar-refractivity contribution in [2.75, 3.05) is 7.11 Å². The van der Waals surface area contributed by atoms with E-state index in [1.807, 2.05) is 0 Å². The van der Waals surface area contributed by atoms with Crippen molar-refractivity contribution >= 4 is 11.5 Å². The van der Waals surface area contributed by atoms with Gasteiger partial charge >= 0.3 is 12.1 Å². The number of methoxy groups -OCH3 is 1. The van der Waals surface area contributed by atoms with Crippen LogP contribution in [0.3, 0.4) is 0 Å². The molecule has 0 aliphatic carbocycles. The number of aryl methyl sites for hydroxylation is 1. The van der Waals surface area contributed by atoms with Gasteiger partial charge in [-0.3, -0.25) is 0 Å². The van der Waals surface area contributed by atoms with Crippen LogP contribution >= 0.6 is 0 Å². The van der Waals surface area contributed by atoms with Crippen LogP contribution in [0.15, 0.2) is 30.8 Å². The van der Waals surface area contributed by atoms with Crippen LogP contribution in [0.2, 0.25) is 0 Å². The first-order valence-corrected chi connectivity index (χ1v) is 5.74. The molecule has 1 atom stereocenters. The zero-order valence-corrected chi connectivity index (χ0v) is 11.1. The zero-order chi connectivity index (χ0) is 15.6. The van der Waals surface area contributed by atoms with Crippen LogP contribution in [-0.4, -0.2) is 30.0 Å². The lowest BCUT2D eigenvalue weighted by molar-refractivity contribution is -0.259. The molecule has 0 bridgehead atoms. The summed E-state index contributed by atoms with van der Waals surface area (Å²) >= 11 is 0. The first kappa shape index (κ1) is 16.2. The average molecular weight is 288 g/mol. The molecule has 1 aromatic carbocycles. The summed E-state index contributed by atoms with van der Waals surface area (Å²) in [6, 6.07) is 6.60. The molecular weight excluding hydrogens is 273 g/mol. The summed E-state index contributed by atoms with van der Waals surface area (Å²) in [4.78, 5) is 11.3. The SMILES string of the molecule is C=C(C[C@@](O)(C(=O)OC)C(F)(F)F)c1cccc(C)c1. The van der Waals surface area contributed by atoms with E-state index in [1.54, 1.807) is 31.2 Å². The fourth-order valence-electron chi connectivity index (χ4n) is 1.73. The van der Waals surface area contributed by atoms with Gasteiger partial charge in [-0.2, -0.15) is 13.2 Å². The molecule has 0 heterocycles. The van der Waals surface area contributed by atoms with Gasteiger partial charge < -0.3 is 9.84 Å². The molecule has 0 radical (unpaired) electrons. The van der Waals surface area contributed by atoms with Crippen molar-refractivity contribution in [1.82, 2.24) is 0 Å². The number of hydrogen-bond acceptors (Lipinski definition) is 3. The third kappa shape index (κ3) is 3.19. The fourth-order valence-corrected chi connectivity index (χ4v) is 1.73. The minimum atomic E-state index is -5.15. The van der Waals surface area contributed by atoms with E-state index in [9.17, 15) is 23.1 Å². The van der Waals surface area contributed by atoms with Gasteiger partial charge in [-0.25, -0.2) is 4.79 Å². The van der Waals surface area contributed by atoms with E-state index < -0.39 is 24.2 Å². The molecule has 1 rings (SSSR count). The minimum Gasteiger partial charge on any atom is -0.467 e. The van der Waals surface area contributed by atoms with Gasteiger partial charge in [0.05, 0.1) is 7.11 Å². The Balaban J connectivity index is 3.09. The molecule has 0 fully saturated rings. The molecular formula is C14H15F3O3. The first-order valence-electron chi connectivity index (χ1n) is 5.74. The van der Waals surface area contributed by atoms with Crippen LogP contribution in [0.1, 0.15) is 17.5 Å². The van der Waals surface area contributed by atoms with Crippen molar-refractivity contribution in [2.45, 2.75) is 25.1 Å². The fraction of sp³-hybridized carbons (Fsp3) is 0.357. The summed E-state index contributed by atoms with van der Waals surface area (Å²) < 4.78 is 42.8. The molecule has 0 saturated heterocycles. The van der Waals surface area contributed by atoms with Crippen LogP contribution < -0.4 is 0 Å². The monoisotopic (exact) mass is 288 g/mol. The maximum atomic E-state index is 12.9. The molecule has 3 nitrogen and oxygen atoms in total. The number of alkyl halides is 3. The maximum Gasteiger partial charge on any atom is 0.428 e. The van der Waals surface area contributed by atoms with E-state index in [-0.39, 0.29) is 5.57 Å². The summed E-state index contributed by atoms with van der Waals surface area (Å²) in [5.41, 5.74) is -2.34. The van der Waals surface area contributed by atoms with E-state index in [1.165, 1.54) is 0 Å². The van der Waals surface area contributed by atoms with Crippen molar-refractivity contribution in [2.24, 2.45) is 0 Å². The van der Waals surface area contributed by atoms with Crippen LogP contribution in [-0.2, 0) is 9.53 Å². The molecule has 0 amide bonds. The van der Waals surface area contributed by atoms with E-state index in [0.29, 0.717) is 5.56 Å². The molecule has 20 heavy (non-hydrogen) atoms. The lowest BCUT2D eigenvalue weighted by Gasteiger charge is -2.28. The number of hydrogen-bond donors (Lipinski definition) is 1. The zero-order valence-electron chi connectivity index (χ0n) is 11.1. The largest absolute Gasteiger partial charge is 0.467 e. The smallest absolute Gasteiger partial charge is 0.428 e. The van der Waals surface area contributed by atoms with E-state index >= 15 is 0 Å². The number of carbonyl (C=O) groups excluding carboxylic acids is 1. The summed E-state index contributed by atoms with van der Waals surface area (Å²) in [5.74, 6) is -1.75. The average Bonchev–Trinajstić information content (AvgIpc) is 2.36. The van der Waals surface area contributed by atoms with Crippen molar-refractivity contribution in [3.05, 3.63) is 42.0 Å². The summed E-state index contributed by atoms with van der Waals surface area (Å²) in [6.45, 7) is 5.28. The van der Waals surface area contributed by atoms with Crippen molar-refractivity contribution < 1.29 is 27.8 Å². The predicted octanol–water partition coefficient (Wildman–Crippen LogP) is 2.86. The van der Waals surface area contributed by atoms with Gasteiger partial charge in [-0.05, 0) is 18.1 Å². The van der Waals surface area contributed by atoms with Crippen LogP contribution in [0, 0.1) is 6.92 Å². The molecule has 0 saturated carbocycles. The highest BCUT2D eigenvalue weighted by molar-refractivity contribution is 5.83. The van der Waals surface area contributed by atoms with Crippen LogP contribution in [0.5, 0.6) is 0 Å². The normalized spacial score (nSPS) is 14.5. The molecule has 1 N–H and O–H groups in total. The van der Waals surface area contributed by atoms with Crippen LogP contribution in [0.25, 0.3) is 5.57 Å². The standard InChI is InChI=1S/C14H15F3O3/c1-9-5-4-6-11(7-9)10(2)8-13(19,12(18)20-3)14(15,16)17/h4-7,19H,2,8H2,1,3H3/t13-/m1/s1. The molecule has 0 spiro atoms. The summed E-state index contributed by atoms with van der Waals surface area (Å²) in [6.07, 6.45) is -6.13. The minimum absolute atomic E-state index is 0.000995. The van der Waals surface area contributed by atoms with Crippen molar-refractivity contribution in [3.63, 3.8) is 0 Å². The Morgan fingerprint density at radius 3 is 2.45 bits per heavy atom. The second kappa shape index (κ2) is 5.66. The second-order valence-corrected chi connectivity index (χ2v) is 4.50. The van der Waals surface area contributed by atoms with Gasteiger partial charge in [-0.15, -0.1) is 0 Å². The van der Waals surface area contributed by atoms with E-state index in [4.69, 9.17) is 0 Å². The van der Waals surface area contributed by atoms with Crippen molar-refractivity contribution in [3.8, 4) is 0 Å². The second-order valence-electron chi connectivity index (χ2n) is 4.50. The Hall–Kier alpha value is -1.82. The van der Waals surface area contributed by atoms with Gasteiger partial charge in [0.25, 0.3) is 5.60 Å². The van der Waals surface area contributed by atoms with Gasteiger partial charge in [0.15, 0.2) is 0 Å². The third-order valence-corrected chi connectivity index (χ3v) is 2.89. The van der Waals surface area contributed by atoms with E-state index in [0.717, 1.165) is 12.7 Å². The Bertz CT molecular complexity index is 523. The molecule has 6 heteroatoms. The Kier molecular flexibility index (Phi) is 4.60. The van der Waals surface area contributed by atoms with Crippen molar-refractivity contribution in [1.29, 1.82) is 0 Å². The lowest BCUT2D eigenvalue weighted by atomic mass is 9.90. The number of ether oxygens (including phenoxy) is 1. The number of esters is 1. The lowest BCUT2D eigenvalue weighted by Crippen LogP contribution is -2.52. The number of carbonyl (C=O) groups is 1. The quantitative estimate of drug-likeness (QED) is 0.867. The summed E-state index contributed by atoms with van der Waals surface area (Å²) in [7, 11) is 0.786. The van der Waals surface area contributed by atoms with Gasteiger partial charge in [0, 0.05) is 6.42 Å². The number of benzene rings is 1. The molecule has 0 aromatic heterocycles. The predicted molar refractivity (Wildman–Crippen MR) is 67.9 cm³/mol. The molecule has 0 aliphatic rings. The topological polar surface area (TPSA) is 46.5 Å². The van der Waals surface area contributed by atoms with Crippen LogP contribution in [0.4, 0.5) is 13.2 Å². The Morgan fingerprint density at radius 1 is 1.40 bits per heavy atom. The molecule has 1 aromatic rings. The number of halogens is 3. The van der Waals surface area contributed by atoms with E-state index in [2.05, 4.69) is 11.3 Å². The molecule has 110 valence electrons. The summed E-state index contributed by atoms with van der Waals surface area (Å²) in [5, 5.41) is 9.66. The third-order valence-electron chi connectivity index (χ3n) is 2.89. The van der Waals surface area contributed by atoms with Gasteiger partial charge in [0.2, 0.25) is 0 Å². The number of rotatable bonds is 4. The highest BCUT2D eigenvalue weighted by Crippen LogP contribution is 2.38. The van der Waals surface area contributed by atoms with Gasteiger partial charge in [-0.1, -0.05) is 36.4 Å². The number of aliphatic hydroxyl groups is 1.